The summed E-state index contributed by atoms with van der Waals surface area (Å²) in [4.78, 5) is 0.151. The van der Waals surface area contributed by atoms with E-state index in [4.69, 9.17) is 0 Å². The zero-order valence-electron chi connectivity index (χ0n) is 10.6. The highest BCUT2D eigenvalue weighted by atomic mass is 32.2. The van der Waals surface area contributed by atoms with Crippen molar-refractivity contribution in [3.63, 3.8) is 0 Å². The highest BCUT2D eigenvalue weighted by molar-refractivity contribution is 7.91. The molecule has 0 aliphatic rings. The molecule has 0 aliphatic carbocycles. The third-order valence-electron chi connectivity index (χ3n) is 3.02. The number of aromatic hydroxyl groups is 2. The number of phenolic OH excluding ortho intramolecular Hbond substituents is 2. The second kappa shape index (κ2) is 4.59. The van der Waals surface area contributed by atoms with Crippen molar-refractivity contribution in [2.24, 2.45) is 0 Å². The van der Waals surface area contributed by atoms with Crippen LogP contribution in [-0.2, 0) is 9.84 Å². The normalized spacial score (nSPS) is 11.5. The molecule has 2 N–H and O–H groups in total. The third kappa shape index (κ3) is 2.29. The number of phenols is 2. The molecule has 100 valence electrons. The lowest BCUT2D eigenvalue weighted by Gasteiger charge is -2.11. The van der Waals surface area contributed by atoms with Gasteiger partial charge in [0.25, 0.3) is 0 Å². The number of aryl methyl sites for hydroxylation is 1. The van der Waals surface area contributed by atoms with Gasteiger partial charge in [-0.05, 0) is 49.7 Å². The van der Waals surface area contributed by atoms with Crippen LogP contribution in [0.4, 0.5) is 0 Å². The summed E-state index contributed by atoms with van der Waals surface area (Å²) < 4.78 is 24.9. The van der Waals surface area contributed by atoms with Gasteiger partial charge in [-0.15, -0.1) is 0 Å². The van der Waals surface area contributed by atoms with Gasteiger partial charge < -0.3 is 10.2 Å². The van der Waals surface area contributed by atoms with Crippen molar-refractivity contribution in [1.29, 1.82) is 0 Å². The Morgan fingerprint density at radius 3 is 2.05 bits per heavy atom. The van der Waals surface area contributed by atoms with E-state index < -0.39 is 9.84 Å². The molecule has 0 radical (unpaired) electrons. The van der Waals surface area contributed by atoms with E-state index in [0.717, 1.165) is 0 Å². The molecule has 0 spiro atoms. The highest BCUT2D eigenvalue weighted by Crippen LogP contribution is 2.31. The van der Waals surface area contributed by atoms with E-state index in [-0.39, 0.29) is 21.3 Å². The Labute approximate surface area is 111 Å². The summed E-state index contributed by atoms with van der Waals surface area (Å²) in [6.45, 7) is 3.27. The van der Waals surface area contributed by atoms with Gasteiger partial charge in [0, 0.05) is 5.56 Å². The van der Waals surface area contributed by atoms with Gasteiger partial charge in [-0.3, -0.25) is 0 Å². The molecule has 0 aliphatic heterocycles. The lowest BCUT2D eigenvalue weighted by Crippen LogP contribution is -2.04. The minimum Gasteiger partial charge on any atom is -0.508 e. The number of benzene rings is 2. The van der Waals surface area contributed by atoms with Crippen molar-refractivity contribution >= 4 is 9.84 Å². The first kappa shape index (κ1) is 13.4. The van der Waals surface area contributed by atoms with Gasteiger partial charge in [-0.1, -0.05) is 6.07 Å². The van der Waals surface area contributed by atoms with E-state index in [1.165, 1.54) is 30.3 Å². The quantitative estimate of drug-likeness (QED) is 0.885. The van der Waals surface area contributed by atoms with Crippen LogP contribution in [0.15, 0.2) is 46.2 Å². The van der Waals surface area contributed by atoms with Crippen LogP contribution in [0.3, 0.4) is 0 Å². The van der Waals surface area contributed by atoms with E-state index in [2.05, 4.69) is 0 Å². The van der Waals surface area contributed by atoms with Crippen LogP contribution >= 0.6 is 0 Å². The molecule has 5 heteroatoms. The summed E-state index contributed by atoms with van der Waals surface area (Å²) in [5.74, 6) is -0.0118. The average molecular weight is 278 g/mol. The summed E-state index contributed by atoms with van der Waals surface area (Å²) in [5.41, 5.74) is 0.954. The predicted octanol–water partition coefficient (Wildman–Crippen LogP) is 2.55. The fourth-order valence-electron chi connectivity index (χ4n) is 1.86. The highest BCUT2D eigenvalue weighted by Gasteiger charge is 2.21. The average Bonchev–Trinajstić information content (AvgIpc) is 2.36. The molecule has 2 rings (SSSR count). The van der Waals surface area contributed by atoms with E-state index in [1.807, 2.05) is 0 Å². The van der Waals surface area contributed by atoms with Crippen molar-refractivity contribution in [3.05, 3.63) is 47.5 Å². The van der Waals surface area contributed by atoms with Crippen LogP contribution in [-0.4, -0.2) is 18.6 Å². The zero-order chi connectivity index (χ0) is 14.2. The number of rotatable bonds is 2. The van der Waals surface area contributed by atoms with Crippen molar-refractivity contribution in [3.8, 4) is 11.5 Å². The van der Waals surface area contributed by atoms with Crippen LogP contribution in [0.5, 0.6) is 11.5 Å². The Balaban J connectivity index is 2.64. The van der Waals surface area contributed by atoms with Crippen molar-refractivity contribution in [2.75, 3.05) is 0 Å². The molecule has 0 heterocycles. The van der Waals surface area contributed by atoms with Gasteiger partial charge in [0.05, 0.1) is 9.79 Å². The molecule has 19 heavy (non-hydrogen) atoms. The van der Waals surface area contributed by atoms with Crippen molar-refractivity contribution in [2.45, 2.75) is 23.6 Å². The molecule has 0 aromatic heterocycles. The molecular weight excluding hydrogens is 264 g/mol. The summed E-state index contributed by atoms with van der Waals surface area (Å²) in [6.07, 6.45) is 0. The van der Waals surface area contributed by atoms with Crippen molar-refractivity contribution in [1.82, 2.24) is 0 Å². The van der Waals surface area contributed by atoms with E-state index >= 15 is 0 Å². The lowest BCUT2D eigenvalue weighted by molar-refractivity contribution is 0.464. The fraction of sp³-hybridized carbons (Fsp3) is 0.143. The topological polar surface area (TPSA) is 74.6 Å². The Bertz CT molecular complexity index is 716. The second-order valence-electron chi connectivity index (χ2n) is 4.35. The number of hydrogen-bond donors (Lipinski definition) is 2. The third-order valence-corrected chi connectivity index (χ3v) is 4.93. The first-order valence-corrected chi connectivity index (χ1v) is 7.15. The molecule has 0 fully saturated rings. The molecule has 0 bridgehead atoms. The van der Waals surface area contributed by atoms with Crippen LogP contribution in [0.2, 0.25) is 0 Å². The molecule has 4 nitrogen and oxygen atoms in total. The molecule has 0 atom stereocenters. The molecule has 0 unspecified atom stereocenters. The number of sulfone groups is 1. The van der Waals surface area contributed by atoms with Crippen LogP contribution in [0, 0.1) is 13.8 Å². The van der Waals surface area contributed by atoms with Crippen LogP contribution in [0.25, 0.3) is 0 Å². The van der Waals surface area contributed by atoms with Gasteiger partial charge in [0.15, 0.2) is 0 Å². The van der Waals surface area contributed by atoms with Gasteiger partial charge in [-0.25, -0.2) is 8.42 Å². The Morgan fingerprint density at radius 2 is 1.47 bits per heavy atom. The largest absolute Gasteiger partial charge is 0.508 e. The van der Waals surface area contributed by atoms with E-state index in [9.17, 15) is 18.6 Å². The van der Waals surface area contributed by atoms with Gasteiger partial charge in [0.1, 0.15) is 11.5 Å². The first-order chi connectivity index (χ1) is 8.84. The summed E-state index contributed by atoms with van der Waals surface area (Å²) in [5, 5.41) is 19.0. The van der Waals surface area contributed by atoms with Gasteiger partial charge in [0.2, 0.25) is 9.84 Å². The Hall–Kier alpha value is -2.01. The zero-order valence-corrected chi connectivity index (χ0v) is 11.4. The Kier molecular flexibility index (Phi) is 3.24. The monoisotopic (exact) mass is 278 g/mol. The standard InChI is InChI=1S/C14H14O4S/c1-9-3-8-13(10(2)14(9)16)19(17,18)12-6-4-11(15)5-7-12/h3-8,15-16H,1-2H3. The lowest BCUT2D eigenvalue weighted by atomic mass is 10.1. The van der Waals surface area contributed by atoms with Crippen molar-refractivity contribution < 1.29 is 18.6 Å². The minimum atomic E-state index is -3.70. The van der Waals surface area contributed by atoms with E-state index in [0.29, 0.717) is 11.1 Å². The Morgan fingerprint density at radius 1 is 0.895 bits per heavy atom. The van der Waals surface area contributed by atoms with Crippen LogP contribution < -0.4 is 0 Å². The van der Waals surface area contributed by atoms with Crippen LogP contribution in [0.1, 0.15) is 11.1 Å². The SMILES string of the molecule is Cc1ccc(S(=O)(=O)c2ccc(O)cc2)c(C)c1O. The molecular formula is C14H14O4S. The maximum atomic E-state index is 12.4. The summed E-state index contributed by atoms with van der Waals surface area (Å²) in [7, 11) is -3.70. The molecule has 0 saturated carbocycles. The number of hydrogen-bond acceptors (Lipinski definition) is 4. The predicted molar refractivity (Wildman–Crippen MR) is 71.1 cm³/mol. The molecule has 2 aromatic carbocycles. The van der Waals surface area contributed by atoms with Gasteiger partial charge >= 0.3 is 0 Å². The molecule has 2 aromatic rings. The smallest absolute Gasteiger partial charge is 0.206 e. The maximum Gasteiger partial charge on any atom is 0.206 e. The summed E-state index contributed by atoms with van der Waals surface area (Å²) in [6, 6.07) is 8.34. The molecule has 0 saturated heterocycles. The minimum absolute atomic E-state index is 0.00225. The second-order valence-corrected chi connectivity index (χ2v) is 6.27. The molecule has 0 amide bonds. The van der Waals surface area contributed by atoms with Gasteiger partial charge in [-0.2, -0.15) is 0 Å². The summed E-state index contributed by atoms with van der Waals surface area (Å²) >= 11 is 0. The first-order valence-electron chi connectivity index (χ1n) is 5.67. The van der Waals surface area contributed by atoms with E-state index in [1.54, 1.807) is 19.9 Å². The maximum absolute atomic E-state index is 12.4. The fourth-order valence-corrected chi connectivity index (χ4v) is 3.36.